The topological polar surface area (TPSA) is 38.8 Å². The minimum Gasteiger partial charge on any atom is -0.347 e. The second-order valence-electron chi connectivity index (χ2n) is 5.00. The molecule has 2 fully saturated rings. The van der Waals surface area contributed by atoms with E-state index in [1.54, 1.807) is 0 Å². The molecule has 3 rings (SSSR count). The van der Waals surface area contributed by atoms with E-state index >= 15 is 0 Å². The second kappa shape index (κ2) is 5.10. The Kier molecular flexibility index (Phi) is 3.43. The average Bonchev–Trinajstić information content (AvgIpc) is 2.87. The van der Waals surface area contributed by atoms with E-state index in [-0.39, 0.29) is 0 Å². The summed E-state index contributed by atoms with van der Waals surface area (Å²) < 4.78 is 38.3. The van der Waals surface area contributed by atoms with Crippen LogP contribution in [0, 0.1) is 11.6 Å². The third-order valence-electron chi connectivity index (χ3n) is 3.80. The van der Waals surface area contributed by atoms with Gasteiger partial charge in [-0.2, -0.15) is 0 Å². The van der Waals surface area contributed by atoms with Crippen LogP contribution in [-0.4, -0.2) is 42.9 Å². The van der Waals surface area contributed by atoms with Crippen molar-refractivity contribution < 1.29 is 23.0 Å². The SMILES string of the molecule is O=C(c1c(F)cccc1F)N1CCC2(CC1)OCCO2. The van der Waals surface area contributed by atoms with Gasteiger partial charge in [-0.1, -0.05) is 6.07 Å². The number of benzene rings is 1. The number of piperidine rings is 1. The van der Waals surface area contributed by atoms with Crippen molar-refractivity contribution in [3.8, 4) is 0 Å². The number of carbonyl (C=O) groups is 1. The van der Waals surface area contributed by atoms with Crippen LogP contribution < -0.4 is 0 Å². The standard InChI is InChI=1S/C14H15F2NO3/c15-10-2-1-3-11(16)12(10)13(18)17-6-4-14(5-7-17)19-8-9-20-14/h1-3H,4-9H2. The monoisotopic (exact) mass is 283 g/mol. The molecular weight excluding hydrogens is 268 g/mol. The number of hydrogen-bond donors (Lipinski definition) is 0. The zero-order chi connectivity index (χ0) is 14.2. The summed E-state index contributed by atoms with van der Waals surface area (Å²) in [5, 5.41) is 0. The van der Waals surface area contributed by atoms with Crippen molar-refractivity contribution in [2.75, 3.05) is 26.3 Å². The van der Waals surface area contributed by atoms with E-state index in [4.69, 9.17) is 9.47 Å². The molecule has 0 bridgehead atoms. The summed E-state index contributed by atoms with van der Waals surface area (Å²) in [6, 6.07) is 3.42. The van der Waals surface area contributed by atoms with Crippen LogP contribution in [0.5, 0.6) is 0 Å². The first-order valence-corrected chi connectivity index (χ1v) is 6.62. The van der Waals surface area contributed by atoms with Crippen molar-refractivity contribution in [3.05, 3.63) is 35.4 Å². The van der Waals surface area contributed by atoms with Gasteiger partial charge in [-0.3, -0.25) is 4.79 Å². The van der Waals surface area contributed by atoms with E-state index in [0.29, 0.717) is 39.1 Å². The van der Waals surface area contributed by atoms with Gasteiger partial charge in [0.05, 0.1) is 13.2 Å². The van der Waals surface area contributed by atoms with Crippen LogP contribution in [0.25, 0.3) is 0 Å². The van der Waals surface area contributed by atoms with Gasteiger partial charge in [0.1, 0.15) is 17.2 Å². The van der Waals surface area contributed by atoms with Gasteiger partial charge in [-0.15, -0.1) is 0 Å². The maximum atomic E-state index is 13.6. The predicted octanol–water partition coefficient (Wildman–Crippen LogP) is 1.94. The maximum absolute atomic E-state index is 13.6. The lowest BCUT2D eigenvalue weighted by molar-refractivity contribution is -0.181. The lowest BCUT2D eigenvalue weighted by Gasteiger charge is -2.37. The number of ether oxygens (including phenoxy) is 2. The molecule has 1 spiro atoms. The molecule has 20 heavy (non-hydrogen) atoms. The van der Waals surface area contributed by atoms with Crippen LogP contribution in [0.1, 0.15) is 23.2 Å². The highest BCUT2D eigenvalue weighted by Gasteiger charge is 2.41. The second-order valence-corrected chi connectivity index (χ2v) is 5.00. The molecule has 0 unspecified atom stereocenters. The summed E-state index contributed by atoms with van der Waals surface area (Å²) in [4.78, 5) is 13.7. The lowest BCUT2D eigenvalue weighted by atomic mass is 10.0. The van der Waals surface area contributed by atoms with Crippen molar-refractivity contribution in [3.63, 3.8) is 0 Å². The molecule has 0 saturated carbocycles. The third kappa shape index (κ3) is 2.29. The van der Waals surface area contributed by atoms with Gasteiger partial charge in [0, 0.05) is 25.9 Å². The quantitative estimate of drug-likeness (QED) is 0.790. The van der Waals surface area contributed by atoms with E-state index in [9.17, 15) is 13.6 Å². The summed E-state index contributed by atoms with van der Waals surface area (Å²) in [6.07, 6.45) is 1.05. The van der Waals surface area contributed by atoms with Crippen LogP contribution in [0.3, 0.4) is 0 Å². The highest BCUT2D eigenvalue weighted by atomic mass is 19.1. The molecule has 2 aliphatic rings. The van der Waals surface area contributed by atoms with E-state index in [1.165, 1.54) is 11.0 Å². The predicted molar refractivity (Wildman–Crippen MR) is 66.1 cm³/mol. The van der Waals surface area contributed by atoms with E-state index in [2.05, 4.69) is 0 Å². The van der Waals surface area contributed by atoms with Crippen LogP contribution >= 0.6 is 0 Å². The molecule has 2 heterocycles. The Bertz CT molecular complexity index is 499. The molecule has 0 aliphatic carbocycles. The molecule has 6 heteroatoms. The van der Waals surface area contributed by atoms with Crippen molar-refractivity contribution in [1.29, 1.82) is 0 Å². The van der Waals surface area contributed by atoms with Crippen molar-refractivity contribution >= 4 is 5.91 Å². The Morgan fingerprint density at radius 1 is 1.10 bits per heavy atom. The molecule has 2 aliphatic heterocycles. The number of halogens is 2. The fraction of sp³-hybridized carbons (Fsp3) is 0.500. The number of amides is 1. The molecule has 0 atom stereocenters. The van der Waals surface area contributed by atoms with Crippen LogP contribution in [0.15, 0.2) is 18.2 Å². The fourth-order valence-electron chi connectivity index (χ4n) is 2.70. The Balaban J connectivity index is 1.73. The minimum atomic E-state index is -0.830. The fourth-order valence-corrected chi connectivity index (χ4v) is 2.70. The van der Waals surface area contributed by atoms with Gasteiger partial charge in [0.15, 0.2) is 5.79 Å². The molecule has 1 aromatic rings. The van der Waals surface area contributed by atoms with E-state index in [0.717, 1.165) is 12.1 Å². The van der Waals surface area contributed by atoms with Crippen molar-refractivity contribution in [1.82, 2.24) is 4.90 Å². The van der Waals surface area contributed by atoms with E-state index < -0.39 is 28.9 Å². The molecule has 0 aromatic heterocycles. The molecule has 1 amide bonds. The number of carbonyl (C=O) groups excluding carboxylic acids is 1. The number of nitrogens with zero attached hydrogens (tertiary/aromatic N) is 1. The summed E-state index contributed by atoms with van der Waals surface area (Å²) in [5.74, 6) is -2.88. The summed E-state index contributed by atoms with van der Waals surface area (Å²) in [5.41, 5.74) is -0.489. The maximum Gasteiger partial charge on any atom is 0.259 e. The van der Waals surface area contributed by atoms with Gasteiger partial charge >= 0.3 is 0 Å². The Labute approximate surface area is 115 Å². The number of likely N-dealkylation sites (tertiary alicyclic amines) is 1. The minimum absolute atomic E-state index is 0.368. The van der Waals surface area contributed by atoms with Crippen LogP contribution in [0.4, 0.5) is 8.78 Å². The van der Waals surface area contributed by atoms with Gasteiger partial charge in [0.25, 0.3) is 5.91 Å². The van der Waals surface area contributed by atoms with Crippen LogP contribution in [0.2, 0.25) is 0 Å². The molecule has 0 radical (unpaired) electrons. The summed E-state index contributed by atoms with van der Waals surface area (Å²) >= 11 is 0. The first-order valence-electron chi connectivity index (χ1n) is 6.62. The largest absolute Gasteiger partial charge is 0.347 e. The van der Waals surface area contributed by atoms with Gasteiger partial charge < -0.3 is 14.4 Å². The summed E-state index contributed by atoms with van der Waals surface area (Å²) in [7, 11) is 0. The molecule has 2 saturated heterocycles. The Morgan fingerprint density at radius 3 is 2.20 bits per heavy atom. The van der Waals surface area contributed by atoms with Crippen molar-refractivity contribution in [2.24, 2.45) is 0 Å². The third-order valence-corrected chi connectivity index (χ3v) is 3.80. The molecule has 1 aromatic carbocycles. The molecule has 108 valence electrons. The molecule has 0 N–H and O–H groups in total. The number of rotatable bonds is 1. The average molecular weight is 283 g/mol. The highest BCUT2D eigenvalue weighted by Crippen LogP contribution is 2.32. The first kappa shape index (κ1) is 13.5. The van der Waals surface area contributed by atoms with Gasteiger partial charge in [-0.05, 0) is 12.1 Å². The Hall–Kier alpha value is -1.53. The van der Waals surface area contributed by atoms with E-state index in [1.807, 2.05) is 0 Å². The zero-order valence-electron chi connectivity index (χ0n) is 10.9. The lowest BCUT2D eigenvalue weighted by Crippen LogP contribution is -2.47. The number of hydrogen-bond acceptors (Lipinski definition) is 3. The molecule has 4 nitrogen and oxygen atoms in total. The molecular formula is C14H15F2NO3. The van der Waals surface area contributed by atoms with Crippen LogP contribution in [-0.2, 0) is 9.47 Å². The van der Waals surface area contributed by atoms with Gasteiger partial charge in [-0.25, -0.2) is 8.78 Å². The van der Waals surface area contributed by atoms with Gasteiger partial charge in [0.2, 0.25) is 0 Å². The Morgan fingerprint density at radius 2 is 1.65 bits per heavy atom. The summed E-state index contributed by atoms with van der Waals surface area (Å²) in [6.45, 7) is 1.84. The first-order chi connectivity index (χ1) is 9.61. The highest BCUT2D eigenvalue weighted by molar-refractivity contribution is 5.94. The zero-order valence-corrected chi connectivity index (χ0v) is 10.9. The normalized spacial score (nSPS) is 21.4. The van der Waals surface area contributed by atoms with Crippen molar-refractivity contribution in [2.45, 2.75) is 18.6 Å². The smallest absolute Gasteiger partial charge is 0.259 e.